The molecule has 0 spiro atoms. The van der Waals surface area contributed by atoms with Gasteiger partial charge in [0.25, 0.3) is 5.91 Å². The Balaban J connectivity index is 2.19. The van der Waals surface area contributed by atoms with Gasteiger partial charge in [-0.25, -0.2) is 14.5 Å². The largest absolute Gasteiger partial charge is 0.480 e. The van der Waals surface area contributed by atoms with Crippen molar-refractivity contribution in [2.45, 2.75) is 6.92 Å². The quantitative estimate of drug-likeness (QED) is 0.330. The number of urea groups is 1. The molecule has 1 aliphatic rings. The second-order valence-electron chi connectivity index (χ2n) is 5.18. The minimum atomic E-state index is -1.30. The second kappa shape index (κ2) is 9.00. The van der Waals surface area contributed by atoms with Gasteiger partial charge in [0.05, 0.1) is 15.6 Å². The Morgan fingerprint density at radius 3 is 2.44 bits per heavy atom. The molecule has 0 atom stereocenters. The van der Waals surface area contributed by atoms with E-state index in [2.05, 4.69) is 37.2 Å². The van der Waals surface area contributed by atoms with E-state index in [1.165, 1.54) is 6.08 Å². The number of halogens is 2. The van der Waals surface area contributed by atoms with Crippen LogP contribution >= 0.6 is 31.9 Å². The van der Waals surface area contributed by atoms with Gasteiger partial charge in [-0.3, -0.25) is 9.59 Å². The summed E-state index contributed by atoms with van der Waals surface area (Å²) in [4.78, 5) is 46.6. The van der Waals surface area contributed by atoms with Crippen molar-refractivity contribution in [1.82, 2.24) is 10.2 Å². The average molecular weight is 506 g/mol. The third-order valence-corrected chi connectivity index (χ3v) is 4.41. The summed E-state index contributed by atoms with van der Waals surface area (Å²) in [7, 11) is 0. The Labute approximate surface area is 170 Å². The minimum Gasteiger partial charge on any atom is -0.480 e. The van der Waals surface area contributed by atoms with Crippen molar-refractivity contribution in [3.63, 3.8) is 0 Å². The maximum atomic E-state index is 12.1. The van der Waals surface area contributed by atoms with Crippen LogP contribution in [-0.2, 0) is 19.1 Å². The van der Waals surface area contributed by atoms with Crippen LogP contribution in [0.25, 0.3) is 6.08 Å². The number of imide groups is 1. The zero-order chi connectivity index (χ0) is 20.1. The van der Waals surface area contributed by atoms with E-state index in [9.17, 15) is 19.2 Å². The second-order valence-corrected chi connectivity index (χ2v) is 6.89. The number of aliphatic carboxylic acids is 1. The number of carboxylic acids is 1. The van der Waals surface area contributed by atoms with Gasteiger partial charge < -0.3 is 19.9 Å². The van der Waals surface area contributed by atoms with Gasteiger partial charge in [-0.05, 0) is 62.6 Å². The smallest absolute Gasteiger partial charge is 0.344 e. The summed E-state index contributed by atoms with van der Waals surface area (Å²) in [5.74, 6) is -2.19. The number of amides is 3. The number of carbonyl (C=O) groups excluding carboxylic acids is 3. The summed E-state index contributed by atoms with van der Waals surface area (Å²) in [6.45, 7) is 0.933. The van der Waals surface area contributed by atoms with Crippen LogP contribution < -0.4 is 10.1 Å². The van der Waals surface area contributed by atoms with Gasteiger partial charge >= 0.3 is 18.0 Å². The first-order valence-electron chi connectivity index (χ1n) is 7.56. The molecule has 0 aromatic heterocycles. The molecule has 0 radical (unpaired) electrons. The first-order valence-corrected chi connectivity index (χ1v) is 9.15. The zero-order valence-electron chi connectivity index (χ0n) is 14.0. The number of hydrogen-bond donors (Lipinski definition) is 2. The van der Waals surface area contributed by atoms with E-state index in [0.29, 0.717) is 25.2 Å². The maximum absolute atomic E-state index is 12.1. The Kier molecular flexibility index (Phi) is 6.97. The molecule has 3 amide bonds. The maximum Gasteiger partial charge on any atom is 0.344 e. The number of nitrogens with one attached hydrogen (secondary N) is 1. The lowest BCUT2D eigenvalue weighted by Gasteiger charge is -2.11. The highest BCUT2D eigenvalue weighted by Crippen LogP contribution is 2.35. The number of rotatable bonds is 7. The molecule has 9 nitrogen and oxygen atoms in total. The Morgan fingerprint density at radius 2 is 1.89 bits per heavy atom. The van der Waals surface area contributed by atoms with E-state index in [-0.39, 0.29) is 18.9 Å². The molecule has 1 fully saturated rings. The van der Waals surface area contributed by atoms with Crippen molar-refractivity contribution in [2.75, 3.05) is 19.8 Å². The number of benzene rings is 1. The summed E-state index contributed by atoms with van der Waals surface area (Å²) in [6, 6.07) is 2.41. The summed E-state index contributed by atoms with van der Waals surface area (Å²) in [5.41, 5.74) is 0.471. The lowest BCUT2D eigenvalue weighted by atomic mass is 10.2. The highest BCUT2D eigenvalue weighted by Gasteiger charge is 2.34. The first-order chi connectivity index (χ1) is 12.7. The molecule has 0 unspecified atom stereocenters. The molecule has 11 heteroatoms. The van der Waals surface area contributed by atoms with E-state index in [4.69, 9.17) is 14.6 Å². The first kappa shape index (κ1) is 20.9. The summed E-state index contributed by atoms with van der Waals surface area (Å²) in [5, 5.41) is 11.1. The SMILES string of the molecule is CCOC(=O)COc1c(Br)cc(/C=C2/NC(=O)N(CC(=O)O)C2=O)cc1Br. The number of carbonyl (C=O) groups is 4. The number of ether oxygens (including phenoxy) is 2. The van der Waals surface area contributed by atoms with E-state index in [1.54, 1.807) is 19.1 Å². The topological polar surface area (TPSA) is 122 Å². The lowest BCUT2D eigenvalue weighted by molar-refractivity contribution is -0.145. The molecular weight excluding hydrogens is 492 g/mol. The predicted octanol–water partition coefficient (Wildman–Crippen LogP) is 2.13. The van der Waals surface area contributed by atoms with Gasteiger partial charge in [0, 0.05) is 0 Å². The van der Waals surface area contributed by atoms with E-state index in [1.807, 2.05) is 0 Å². The van der Waals surface area contributed by atoms with Crippen LogP contribution in [0.15, 0.2) is 26.8 Å². The van der Waals surface area contributed by atoms with E-state index < -0.39 is 30.4 Å². The molecule has 2 N–H and O–H groups in total. The van der Waals surface area contributed by atoms with Crippen LogP contribution in [0.2, 0.25) is 0 Å². The monoisotopic (exact) mass is 504 g/mol. The fourth-order valence-corrected chi connectivity index (χ4v) is 3.60. The molecule has 1 aromatic rings. The average Bonchev–Trinajstić information content (AvgIpc) is 2.81. The molecule has 0 aliphatic carbocycles. The normalized spacial score (nSPS) is 15.1. The minimum absolute atomic E-state index is 0.0553. The molecule has 1 saturated heterocycles. The molecule has 0 saturated carbocycles. The lowest BCUT2D eigenvalue weighted by Crippen LogP contribution is -2.35. The summed E-state index contributed by atoms with van der Waals surface area (Å²) < 4.78 is 11.2. The fourth-order valence-electron chi connectivity index (χ4n) is 2.15. The third kappa shape index (κ3) is 5.30. The van der Waals surface area contributed by atoms with Crippen molar-refractivity contribution in [3.8, 4) is 5.75 Å². The molecule has 1 heterocycles. The number of hydrogen-bond acceptors (Lipinski definition) is 6. The fraction of sp³-hybridized carbons (Fsp3) is 0.250. The predicted molar refractivity (Wildman–Crippen MR) is 99.8 cm³/mol. The third-order valence-electron chi connectivity index (χ3n) is 3.23. The highest BCUT2D eigenvalue weighted by atomic mass is 79.9. The van der Waals surface area contributed by atoms with Gasteiger partial charge in [-0.2, -0.15) is 0 Å². The number of esters is 1. The summed E-state index contributed by atoms with van der Waals surface area (Å²) in [6.07, 6.45) is 1.40. The van der Waals surface area contributed by atoms with Crippen molar-refractivity contribution in [1.29, 1.82) is 0 Å². The molecule has 27 heavy (non-hydrogen) atoms. The van der Waals surface area contributed by atoms with Crippen molar-refractivity contribution in [2.24, 2.45) is 0 Å². The van der Waals surface area contributed by atoms with Crippen LogP contribution in [0, 0.1) is 0 Å². The van der Waals surface area contributed by atoms with Crippen LogP contribution in [0.1, 0.15) is 12.5 Å². The van der Waals surface area contributed by atoms with Gasteiger partial charge in [-0.1, -0.05) is 0 Å². The molecule has 2 rings (SSSR count). The zero-order valence-corrected chi connectivity index (χ0v) is 17.1. The standard InChI is InChI=1S/C16H14Br2N2O7/c1-2-26-13(23)7-27-14-9(17)3-8(4-10(14)18)5-11-15(24)20(6-12(21)22)16(25)19-11/h3-5H,2,6-7H2,1H3,(H,19,25)(H,21,22)/b11-5+. The molecule has 1 aliphatic heterocycles. The van der Waals surface area contributed by atoms with E-state index in [0.717, 1.165) is 0 Å². The van der Waals surface area contributed by atoms with Crippen molar-refractivity contribution >= 4 is 61.8 Å². The van der Waals surface area contributed by atoms with Crippen LogP contribution in [-0.4, -0.2) is 53.6 Å². The highest BCUT2D eigenvalue weighted by molar-refractivity contribution is 9.11. The van der Waals surface area contributed by atoms with Gasteiger partial charge in [0.1, 0.15) is 18.0 Å². The van der Waals surface area contributed by atoms with Gasteiger partial charge in [-0.15, -0.1) is 0 Å². The molecule has 144 valence electrons. The molecule has 0 bridgehead atoms. The number of nitrogens with zero attached hydrogens (tertiary/aromatic N) is 1. The van der Waals surface area contributed by atoms with Crippen molar-refractivity contribution < 1.29 is 33.8 Å². The Bertz CT molecular complexity index is 815. The van der Waals surface area contributed by atoms with Crippen LogP contribution in [0.3, 0.4) is 0 Å². The molecular formula is C16H14Br2N2O7. The van der Waals surface area contributed by atoms with Crippen LogP contribution in [0.5, 0.6) is 5.75 Å². The Hall–Kier alpha value is -2.40. The number of carboxylic acid groups (broad SMARTS) is 1. The van der Waals surface area contributed by atoms with Crippen molar-refractivity contribution in [3.05, 3.63) is 32.3 Å². The summed E-state index contributed by atoms with van der Waals surface area (Å²) >= 11 is 6.62. The van der Waals surface area contributed by atoms with Gasteiger partial charge in [0.15, 0.2) is 6.61 Å². The van der Waals surface area contributed by atoms with Crippen LogP contribution in [0.4, 0.5) is 4.79 Å². The van der Waals surface area contributed by atoms with Gasteiger partial charge in [0.2, 0.25) is 0 Å². The Morgan fingerprint density at radius 1 is 1.26 bits per heavy atom. The van der Waals surface area contributed by atoms with E-state index >= 15 is 0 Å². The molecule has 1 aromatic carbocycles.